The van der Waals surface area contributed by atoms with Crippen LogP contribution >= 0.6 is 0 Å². The molecule has 2 aliphatic rings. The second-order valence-electron chi connectivity index (χ2n) is 8.36. The number of carbonyl (C=O) groups is 1. The van der Waals surface area contributed by atoms with Crippen molar-refractivity contribution >= 4 is 15.9 Å². The Hall–Kier alpha value is -1.49. The lowest BCUT2D eigenvalue weighted by molar-refractivity contribution is 0.0157. The average molecular weight is 442 g/mol. The van der Waals surface area contributed by atoms with Crippen LogP contribution in [0.1, 0.15) is 42.2 Å². The fourth-order valence-corrected chi connectivity index (χ4v) is 5.31. The first-order chi connectivity index (χ1) is 14.2. The summed E-state index contributed by atoms with van der Waals surface area (Å²) in [5.74, 6) is -0.0247. The Morgan fingerprint density at radius 3 is 2.50 bits per heavy atom. The number of ether oxygens (including phenoxy) is 1. The number of rotatable bonds is 8. The maximum atomic E-state index is 12.9. The molecule has 1 aromatic rings. The van der Waals surface area contributed by atoms with E-state index in [1.54, 1.807) is 13.9 Å². The highest BCUT2D eigenvalue weighted by atomic mass is 32.2. The number of nitrogens with zero attached hydrogens (tertiary/aromatic N) is 5. The van der Waals surface area contributed by atoms with Crippen molar-refractivity contribution < 1.29 is 17.9 Å². The van der Waals surface area contributed by atoms with Crippen LogP contribution in [-0.4, -0.2) is 103 Å². The quantitative estimate of drug-likeness (QED) is 0.593. The summed E-state index contributed by atoms with van der Waals surface area (Å²) in [6.07, 6.45) is 5.79. The lowest BCUT2D eigenvalue weighted by Crippen LogP contribution is -2.50. The van der Waals surface area contributed by atoms with Crippen LogP contribution in [0.15, 0.2) is 6.20 Å². The van der Waals surface area contributed by atoms with Gasteiger partial charge in [-0.15, -0.1) is 0 Å². The van der Waals surface area contributed by atoms with Gasteiger partial charge in [0.1, 0.15) is 0 Å². The van der Waals surface area contributed by atoms with Gasteiger partial charge in [-0.25, -0.2) is 12.7 Å². The molecule has 9 nitrogen and oxygen atoms in total. The molecule has 0 aliphatic carbocycles. The Morgan fingerprint density at radius 1 is 1.23 bits per heavy atom. The van der Waals surface area contributed by atoms with Crippen LogP contribution in [0.25, 0.3) is 0 Å². The van der Waals surface area contributed by atoms with Gasteiger partial charge in [0.05, 0.1) is 17.5 Å². The molecule has 2 saturated heterocycles. The number of aromatic nitrogens is 2. The molecule has 1 unspecified atom stereocenters. The molecule has 10 heteroatoms. The summed E-state index contributed by atoms with van der Waals surface area (Å²) < 4.78 is 32.8. The lowest BCUT2D eigenvalue weighted by Gasteiger charge is -2.39. The van der Waals surface area contributed by atoms with Crippen molar-refractivity contribution in [1.82, 2.24) is 23.9 Å². The Morgan fingerprint density at radius 2 is 1.93 bits per heavy atom. The summed E-state index contributed by atoms with van der Waals surface area (Å²) >= 11 is 0. The highest BCUT2D eigenvalue weighted by Gasteiger charge is 2.36. The van der Waals surface area contributed by atoms with Crippen molar-refractivity contribution in [3.63, 3.8) is 0 Å². The molecule has 2 aliphatic heterocycles. The monoisotopic (exact) mass is 441 g/mol. The van der Waals surface area contributed by atoms with E-state index < -0.39 is 10.0 Å². The molecule has 0 bridgehead atoms. The number of hydrogen-bond acceptors (Lipinski definition) is 6. The Kier molecular flexibility index (Phi) is 7.54. The lowest BCUT2D eigenvalue weighted by atomic mass is 10.0. The summed E-state index contributed by atoms with van der Waals surface area (Å²) in [4.78, 5) is 17.1. The molecule has 1 atom stereocenters. The van der Waals surface area contributed by atoms with Gasteiger partial charge in [-0.1, -0.05) is 0 Å². The van der Waals surface area contributed by atoms with Crippen LogP contribution in [-0.2, 0) is 21.3 Å². The zero-order valence-corrected chi connectivity index (χ0v) is 19.4. The molecule has 0 aromatic carbocycles. The minimum absolute atomic E-state index is 0.0247. The van der Waals surface area contributed by atoms with Crippen molar-refractivity contribution in [2.24, 2.45) is 0 Å². The van der Waals surface area contributed by atoms with E-state index in [0.717, 1.165) is 51.3 Å². The Bertz CT molecular complexity index is 834. The standard InChI is InChI=1S/C20H35N5O4S/c1-5-23-15-19(16(2)21-23)20(26)22(3)10-11-25(17-7-12-29-13-8-17)18-6-9-24(14-18)30(4,27)28/h15,17-18H,5-14H2,1-4H3. The highest BCUT2D eigenvalue weighted by molar-refractivity contribution is 7.88. The fraction of sp³-hybridized carbons (Fsp3) is 0.800. The summed E-state index contributed by atoms with van der Waals surface area (Å²) in [6, 6.07) is 0.534. The van der Waals surface area contributed by atoms with E-state index in [1.165, 1.54) is 6.26 Å². The third kappa shape index (κ3) is 5.40. The number of carbonyl (C=O) groups excluding carboxylic acids is 1. The summed E-state index contributed by atoms with van der Waals surface area (Å²) in [6.45, 7) is 8.44. The molecule has 3 rings (SSSR count). The molecule has 30 heavy (non-hydrogen) atoms. The van der Waals surface area contributed by atoms with E-state index in [0.29, 0.717) is 31.2 Å². The largest absolute Gasteiger partial charge is 0.381 e. The second-order valence-corrected chi connectivity index (χ2v) is 10.3. The fourth-order valence-electron chi connectivity index (χ4n) is 4.43. The van der Waals surface area contributed by atoms with Gasteiger partial charge >= 0.3 is 0 Å². The van der Waals surface area contributed by atoms with Crippen LogP contribution in [0.5, 0.6) is 0 Å². The van der Waals surface area contributed by atoms with Gasteiger partial charge in [-0.05, 0) is 33.1 Å². The SMILES string of the molecule is CCn1cc(C(=O)N(C)CCN(C2CCOCC2)C2CCN(S(C)(=O)=O)C2)c(C)n1. The van der Waals surface area contributed by atoms with Crippen molar-refractivity contribution in [2.75, 3.05) is 52.7 Å². The van der Waals surface area contributed by atoms with Crippen LogP contribution in [0.2, 0.25) is 0 Å². The van der Waals surface area contributed by atoms with Crippen molar-refractivity contribution in [3.8, 4) is 0 Å². The highest BCUT2D eigenvalue weighted by Crippen LogP contribution is 2.24. The maximum Gasteiger partial charge on any atom is 0.257 e. The first-order valence-electron chi connectivity index (χ1n) is 10.8. The smallest absolute Gasteiger partial charge is 0.257 e. The number of likely N-dealkylation sites (N-methyl/N-ethyl adjacent to an activating group) is 1. The first-order valence-corrected chi connectivity index (χ1v) is 12.6. The number of hydrogen-bond donors (Lipinski definition) is 0. The third-order valence-corrected chi connectivity index (χ3v) is 7.53. The zero-order valence-electron chi connectivity index (χ0n) is 18.6. The summed E-state index contributed by atoms with van der Waals surface area (Å²) in [5.41, 5.74) is 1.38. The topological polar surface area (TPSA) is 88.0 Å². The van der Waals surface area contributed by atoms with Gasteiger partial charge in [-0.2, -0.15) is 5.10 Å². The molecule has 3 heterocycles. The molecule has 0 saturated carbocycles. The van der Waals surface area contributed by atoms with Crippen LogP contribution in [0, 0.1) is 6.92 Å². The molecule has 0 spiro atoms. The van der Waals surface area contributed by atoms with Gasteiger partial charge in [-0.3, -0.25) is 14.4 Å². The van der Waals surface area contributed by atoms with Crippen LogP contribution in [0.4, 0.5) is 0 Å². The predicted octanol–water partition coefficient (Wildman–Crippen LogP) is 0.798. The maximum absolute atomic E-state index is 12.9. The van der Waals surface area contributed by atoms with Crippen molar-refractivity contribution in [1.29, 1.82) is 0 Å². The zero-order chi connectivity index (χ0) is 21.9. The molecular formula is C20H35N5O4S. The summed E-state index contributed by atoms with van der Waals surface area (Å²) in [7, 11) is -1.35. The van der Waals surface area contributed by atoms with E-state index in [9.17, 15) is 13.2 Å². The molecule has 1 amide bonds. The summed E-state index contributed by atoms with van der Waals surface area (Å²) in [5, 5.41) is 4.38. The molecule has 0 N–H and O–H groups in total. The van der Waals surface area contributed by atoms with E-state index >= 15 is 0 Å². The van der Waals surface area contributed by atoms with Crippen LogP contribution in [0.3, 0.4) is 0 Å². The molecule has 170 valence electrons. The minimum Gasteiger partial charge on any atom is -0.381 e. The van der Waals surface area contributed by atoms with Crippen molar-refractivity contribution in [2.45, 2.75) is 51.7 Å². The van der Waals surface area contributed by atoms with E-state index in [2.05, 4.69) is 10.00 Å². The first kappa shape index (κ1) is 23.2. The van der Waals surface area contributed by atoms with Crippen LogP contribution < -0.4 is 0 Å². The number of amides is 1. The van der Waals surface area contributed by atoms with E-state index in [-0.39, 0.29) is 11.9 Å². The third-order valence-electron chi connectivity index (χ3n) is 6.27. The van der Waals surface area contributed by atoms with E-state index in [1.807, 2.05) is 27.1 Å². The molecule has 0 radical (unpaired) electrons. The van der Waals surface area contributed by atoms with Gasteiger partial charge in [0, 0.05) is 71.3 Å². The molecular weight excluding hydrogens is 406 g/mol. The van der Waals surface area contributed by atoms with Crippen molar-refractivity contribution in [3.05, 3.63) is 17.5 Å². The van der Waals surface area contributed by atoms with Gasteiger partial charge in [0.15, 0.2) is 0 Å². The van der Waals surface area contributed by atoms with E-state index in [4.69, 9.17) is 4.74 Å². The predicted molar refractivity (Wildman–Crippen MR) is 115 cm³/mol. The minimum atomic E-state index is -3.18. The Balaban J connectivity index is 1.67. The Labute approximate surface area is 180 Å². The average Bonchev–Trinajstić information content (AvgIpc) is 3.35. The number of sulfonamides is 1. The normalized spacial score (nSPS) is 21.4. The molecule has 1 aromatic heterocycles. The number of aryl methyl sites for hydroxylation is 2. The second kappa shape index (κ2) is 9.76. The van der Waals surface area contributed by atoms with Gasteiger partial charge in [0.2, 0.25) is 10.0 Å². The molecule has 2 fully saturated rings. The van der Waals surface area contributed by atoms with Gasteiger partial charge in [0.25, 0.3) is 5.91 Å². The van der Waals surface area contributed by atoms with Gasteiger partial charge < -0.3 is 9.64 Å².